The highest BCUT2D eigenvalue weighted by atomic mass is 35.5. The van der Waals surface area contributed by atoms with Gasteiger partial charge in [-0.1, -0.05) is 25.4 Å². The Kier molecular flexibility index (Phi) is 3.87. The van der Waals surface area contributed by atoms with Gasteiger partial charge in [0, 0.05) is 22.7 Å². The highest BCUT2D eigenvalue weighted by Gasteiger charge is 2.34. The van der Waals surface area contributed by atoms with E-state index in [9.17, 15) is 4.79 Å². The summed E-state index contributed by atoms with van der Waals surface area (Å²) in [4.78, 5) is 12.2. The van der Waals surface area contributed by atoms with Crippen LogP contribution in [0.25, 0.3) is 0 Å². The highest BCUT2D eigenvalue weighted by Crippen LogP contribution is 2.41. The van der Waals surface area contributed by atoms with Crippen molar-refractivity contribution in [3.63, 3.8) is 0 Å². The van der Waals surface area contributed by atoms with Crippen molar-refractivity contribution in [1.29, 1.82) is 0 Å². The van der Waals surface area contributed by atoms with Crippen molar-refractivity contribution < 1.29 is 9.21 Å². The fraction of sp³-hybridized carbons (Fsp3) is 0.353. The number of carbonyl (C=O) groups is 1. The molecule has 1 aliphatic rings. The quantitative estimate of drug-likeness (QED) is 0.838. The molecule has 0 saturated carbocycles. The van der Waals surface area contributed by atoms with Crippen LogP contribution in [0.5, 0.6) is 0 Å². The van der Waals surface area contributed by atoms with Gasteiger partial charge >= 0.3 is 6.03 Å². The highest BCUT2D eigenvalue weighted by molar-refractivity contribution is 6.30. The lowest BCUT2D eigenvalue weighted by molar-refractivity contribution is 0.222. The molecule has 1 aromatic heterocycles. The Bertz CT molecular complexity index is 676. The molecule has 4 nitrogen and oxygen atoms in total. The fourth-order valence-electron chi connectivity index (χ4n) is 2.96. The van der Waals surface area contributed by atoms with Crippen LogP contribution in [0.1, 0.15) is 37.6 Å². The zero-order valence-electron chi connectivity index (χ0n) is 12.7. The molecule has 1 atom stereocenters. The maximum absolute atomic E-state index is 12.2. The molecule has 2 aromatic rings. The first kappa shape index (κ1) is 15.0. The first-order chi connectivity index (χ1) is 10.4. The molecule has 0 spiro atoms. The number of hydrogen-bond donors (Lipinski definition) is 2. The van der Waals surface area contributed by atoms with Crippen molar-refractivity contribution in [2.75, 3.05) is 5.32 Å². The molecule has 1 heterocycles. The zero-order valence-corrected chi connectivity index (χ0v) is 13.4. The van der Waals surface area contributed by atoms with Crippen LogP contribution in [0.2, 0.25) is 5.02 Å². The average Bonchev–Trinajstić information content (AvgIpc) is 2.88. The molecular formula is C17H19ClN2O2. The van der Waals surface area contributed by atoms with Gasteiger partial charge in [-0.3, -0.25) is 0 Å². The maximum Gasteiger partial charge on any atom is 0.319 e. The summed E-state index contributed by atoms with van der Waals surface area (Å²) in [7, 11) is 0. The topological polar surface area (TPSA) is 54.3 Å². The molecule has 0 radical (unpaired) electrons. The molecule has 0 aliphatic heterocycles. The summed E-state index contributed by atoms with van der Waals surface area (Å²) in [6, 6.07) is 8.72. The van der Waals surface area contributed by atoms with Crippen LogP contribution in [0.15, 0.2) is 41.0 Å². The van der Waals surface area contributed by atoms with E-state index in [0.29, 0.717) is 10.7 Å². The lowest BCUT2D eigenvalue weighted by Crippen LogP contribution is -2.38. The van der Waals surface area contributed by atoms with Crippen molar-refractivity contribution >= 4 is 23.3 Å². The maximum atomic E-state index is 12.2. The van der Waals surface area contributed by atoms with Crippen LogP contribution in [-0.4, -0.2) is 6.03 Å². The first-order valence-electron chi connectivity index (χ1n) is 7.32. The van der Waals surface area contributed by atoms with E-state index in [1.807, 2.05) is 6.07 Å². The molecule has 5 heteroatoms. The molecule has 0 saturated heterocycles. The number of anilines is 1. The van der Waals surface area contributed by atoms with Crippen molar-refractivity contribution in [1.82, 2.24) is 5.32 Å². The smallest absolute Gasteiger partial charge is 0.319 e. The second kappa shape index (κ2) is 5.69. The molecule has 3 rings (SSSR count). The summed E-state index contributed by atoms with van der Waals surface area (Å²) in [6.45, 7) is 4.37. The van der Waals surface area contributed by atoms with E-state index in [1.165, 1.54) is 0 Å². The Morgan fingerprint density at radius 1 is 1.27 bits per heavy atom. The summed E-state index contributed by atoms with van der Waals surface area (Å²) in [5.41, 5.74) is 1.89. The minimum Gasteiger partial charge on any atom is -0.469 e. The summed E-state index contributed by atoms with van der Waals surface area (Å²) in [6.07, 6.45) is 3.47. The van der Waals surface area contributed by atoms with Gasteiger partial charge in [-0.05, 0) is 42.2 Å². The first-order valence-corrected chi connectivity index (χ1v) is 7.70. The second-order valence-corrected chi connectivity index (χ2v) is 6.94. The number of rotatable bonds is 2. The largest absolute Gasteiger partial charge is 0.469 e. The average molecular weight is 319 g/mol. The Morgan fingerprint density at radius 3 is 2.73 bits per heavy atom. The summed E-state index contributed by atoms with van der Waals surface area (Å²) in [5.74, 6) is 0.966. The number of fused-ring (bicyclic) bond motifs is 1. The fourth-order valence-corrected chi connectivity index (χ4v) is 3.09. The van der Waals surface area contributed by atoms with Crippen LogP contribution in [0.4, 0.5) is 10.5 Å². The number of amides is 2. The number of carbonyl (C=O) groups excluding carboxylic acids is 1. The molecule has 0 fully saturated rings. The number of furan rings is 1. The van der Waals surface area contributed by atoms with E-state index in [1.54, 1.807) is 30.5 Å². The van der Waals surface area contributed by atoms with Crippen molar-refractivity contribution in [3.05, 3.63) is 52.9 Å². The molecule has 116 valence electrons. The molecule has 1 aliphatic carbocycles. The van der Waals surface area contributed by atoms with Gasteiger partial charge in [0.15, 0.2) is 0 Å². The SMILES string of the molecule is CC1(C)Cc2occc2C(NC(=O)Nc2ccc(Cl)cc2)C1. The summed E-state index contributed by atoms with van der Waals surface area (Å²) >= 11 is 5.84. The van der Waals surface area contributed by atoms with Gasteiger partial charge in [-0.15, -0.1) is 0 Å². The predicted molar refractivity (Wildman–Crippen MR) is 87.2 cm³/mol. The van der Waals surface area contributed by atoms with Gasteiger partial charge in [0.25, 0.3) is 0 Å². The van der Waals surface area contributed by atoms with E-state index in [2.05, 4.69) is 24.5 Å². The summed E-state index contributed by atoms with van der Waals surface area (Å²) in [5, 5.41) is 6.51. The van der Waals surface area contributed by atoms with Crippen molar-refractivity contribution in [2.24, 2.45) is 5.41 Å². The van der Waals surface area contributed by atoms with E-state index < -0.39 is 0 Å². The number of hydrogen-bond acceptors (Lipinski definition) is 2. The number of urea groups is 1. The minimum atomic E-state index is -0.225. The number of benzene rings is 1. The Hall–Kier alpha value is -1.94. The van der Waals surface area contributed by atoms with Gasteiger partial charge < -0.3 is 15.1 Å². The molecular weight excluding hydrogens is 300 g/mol. The lowest BCUT2D eigenvalue weighted by Gasteiger charge is -2.34. The van der Waals surface area contributed by atoms with Crippen LogP contribution >= 0.6 is 11.6 Å². The molecule has 2 N–H and O–H groups in total. The van der Waals surface area contributed by atoms with Gasteiger partial charge in [0.05, 0.1) is 12.3 Å². The van der Waals surface area contributed by atoms with Crippen LogP contribution < -0.4 is 10.6 Å². The van der Waals surface area contributed by atoms with Gasteiger partial charge in [-0.2, -0.15) is 0 Å². The normalized spacial score (nSPS) is 19.3. The molecule has 1 aromatic carbocycles. The van der Waals surface area contributed by atoms with Crippen molar-refractivity contribution in [2.45, 2.75) is 32.7 Å². The van der Waals surface area contributed by atoms with Crippen molar-refractivity contribution in [3.8, 4) is 0 Å². The standard InChI is InChI=1S/C17H19ClN2O2/c1-17(2)9-14(13-7-8-22-15(13)10-17)20-16(21)19-12-5-3-11(18)4-6-12/h3-8,14H,9-10H2,1-2H3,(H2,19,20,21). The zero-order chi connectivity index (χ0) is 15.7. The van der Waals surface area contributed by atoms with Gasteiger partial charge in [0.1, 0.15) is 5.76 Å². The van der Waals surface area contributed by atoms with Gasteiger partial charge in [-0.25, -0.2) is 4.79 Å². The number of nitrogens with one attached hydrogen (secondary N) is 2. The third kappa shape index (κ3) is 3.28. The Labute approximate surface area is 134 Å². The number of halogens is 1. The third-order valence-corrected chi connectivity index (χ3v) is 4.21. The molecule has 0 bridgehead atoms. The monoisotopic (exact) mass is 318 g/mol. The van der Waals surface area contributed by atoms with E-state index in [4.69, 9.17) is 16.0 Å². The van der Waals surface area contributed by atoms with Crippen LogP contribution in [0, 0.1) is 5.41 Å². The van der Waals surface area contributed by atoms with Gasteiger partial charge in [0.2, 0.25) is 0 Å². The lowest BCUT2D eigenvalue weighted by atomic mass is 9.75. The van der Waals surface area contributed by atoms with E-state index >= 15 is 0 Å². The minimum absolute atomic E-state index is 0.0372. The van der Waals surface area contributed by atoms with E-state index in [-0.39, 0.29) is 17.5 Å². The summed E-state index contributed by atoms with van der Waals surface area (Å²) < 4.78 is 5.55. The molecule has 22 heavy (non-hydrogen) atoms. The second-order valence-electron chi connectivity index (χ2n) is 6.50. The van der Waals surface area contributed by atoms with E-state index in [0.717, 1.165) is 24.2 Å². The Balaban J connectivity index is 1.70. The van der Waals surface area contributed by atoms with Crippen LogP contribution in [0.3, 0.4) is 0 Å². The molecule has 1 unspecified atom stereocenters. The third-order valence-electron chi connectivity index (χ3n) is 3.96. The van der Waals surface area contributed by atoms with Crippen LogP contribution in [-0.2, 0) is 6.42 Å². The Morgan fingerprint density at radius 2 is 2.00 bits per heavy atom. The molecule has 2 amide bonds. The predicted octanol–water partition coefficient (Wildman–Crippen LogP) is 4.77.